The van der Waals surface area contributed by atoms with Gasteiger partial charge in [-0.15, -0.1) is 0 Å². The summed E-state index contributed by atoms with van der Waals surface area (Å²) in [5.74, 6) is 0.899. The summed E-state index contributed by atoms with van der Waals surface area (Å²) in [5.41, 5.74) is 1.24. The third-order valence-electron chi connectivity index (χ3n) is 2.76. The van der Waals surface area contributed by atoms with Crippen molar-refractivity contribution < 1.29 is 14.3 Å². The lowest BCUT2D eigenvalue weighted by Gasteiger charge is -2.06. The van der Waals surface area contributed by atoms with Crippen LogP contribution in [0.2, 0.25) is 0 Å². The van der Waals surface area contributed by atoms with Crippen LogP contribution in [0.3, 0.4) is 0 Å². The monoisotopic (exact) mass is 267 g/mol. The van der Waals surface area contributed by atoms with Crippen LogP contribution in [0.15, 0.2) is 36.7 Å². The number of ether oxygens (including phenoxy) is 2. The molecule has 1 aromatic carbocycles. The number of fused-ring (bicyclic) bond motifs is 1. The van der Waals surface area contributed by atoms with Crippen LogP contribution in [0, 0.1) is 11.3 Å². The molecule has 0 fully saturated rings. The Kier molecular flexibility index (Phi) is 2.94. The molecule has 2 heterocycles. The zero-order valence-corrected chi connectivity index (χ0v) is 10.3. The van der Waals surface area contributed by atoms with Crippen LogP contribution >= 0.6 is 0 Å². The van der Waals surface area contributed by atoms with Crippen LogP contribution < -0.4 is 14.8 Å². The average molecular weight is 267 g/mol. The maximum Gasteiger partial charge on any atom is 0.257 e. The highest BCUT2D eigenvalue weighted by atomic mass is 16.7. The first-order valence-electron chi connectivity index (χ1n) is 5.82. The number of aromatic nitrogens is 1. The number of nitrogens with one attached hydrogen (secondary N) is 1. The largest absolute Gasteiger partial charge is 0.454 e. The zero-order chi connectivity index (χ0) is 13.9. The second-order valence-electron chi connectivity index (χ2n) is 4.10. The molecule has 1 aliphatic heterocycles. The normalized spacial score (nSPS) is 11.8. The quantitative estimate of drug-likeness (QED) is 0.898. The highest BCUT2D eigenvalue weighted by molar-refractivity contribution is 6.04. The number of carbonyl (C=O) groups excluding carboxylic acids is 1. The fraction of sp³-hybridized carbons (Fsp3) is 0.0714. The maximum absolute atomic E-state index is 12.0. The summed E-state index contributed by atoms with van der Waals surface area (Å²) in [4.78, 5) is 15.9. The Morgan fingerprint density at radius 3 is 2.95 bits per heavy atom. The lowest BCUT2D eigenvalue weighted by Crippen LogP contribution is -2.12. The van der Waals surface area contributed by atoms with E-state index in [1.165, 1.54) is 18.5 Å². The van der Waals surface area contributed by atoms with E-state index in [0.717, 1.165) is 0 Å². The topological polar surface area (TPSA) is 84.2 Å². The van der Waals surface area contributed by atoms with Gasteiger partial charge in [0.05, 0.1) is 11.1 Å². The van der Waals surface area contributed by atoms with Crippen molar-refractivity contribution in [1.29, 1.82) is 5.26 Å². The summed E-state index contributed by atoms with van der Waals surface area (Å²) in [6.07, 6.45) is 2.81. The van der Waals surface area contributed by atoms with Crippen LogP contribution in [0.25, 0.3) is 0 Å². The number of amides is 1. The van der Waals surface area contributed by atoms with Gasteiger partial charge in [0.15, 0.2) is 11.5 Å². The summed E-state index contributed by atoms with van der Waals surface area (Å²) in [5, 5.41) is 11.5. The van der Waals surface area contributed by atoms with Crippen molar-refractivity contribution in [2.45, 2.75) is 0 Å². The summed E-state index contributed by atoms with van der Waals surface area (Å²) in [6.45, 7) is 0.181. The predicted molar refractivity (Wildman–Crippen MR) is 69.5 cm³/mol. The number of anilines is 1. The van der Waals surface area contributed by atoms with Crippen LogP contribution in [0.5, 0.6) is 11.5 Å². The van der Waals surface area contributed by atoms with Crippen LogP contribution in [0.1, 0.15) is 15.9 Å². The SMILES string of the molecule is N#Cc1cncc(C(=O)Nc2ccc3c(c2)OCO3)c1. The van der Waals surface area contributed by atoms with Gasteiger partial charge in [0.2, 0.25) is 6.79 Å². The Balaban J connectivity index is 1.80. The van der Waals surface area contributed by atoms with E-state index in [1.54, 1.807) is 18.2 Å². The third kappa shape index (κ3) is 2.24. The van der Waals surface area contributed by atoms with Crippen molar-refractivity contribution in [2.24, 2.45) is 0 Å². The molecule has 6 heteroatoms. The average Bonchev–Trinajstić information content (AvgIpc) is 2.95. The van der Waals surface area contributed by atoms with Crippen molar-refractivity contribution >= 4 is 11.6 Å². The van der Waals surface area contributed by atoms with E-state index in [0.29, 0.717) is 28.3 Å². The molecule has 1 aliphatic rings. The highest BCUT2D eigenvalue weighted by Gasteiger charge is 2.14. The van der Waals surface area contributed by atoms with Gasteiger partial charge >= 0.3 is 0 Å². The zero-order valence-electron chi connectivity index (χ0n) is 10.3. The van der Waals surface area contributed by atoms with Crippen molar-refractivity contribution in [1.82, 2.24) is 4.98 Å². The van der Waals surface area contributed by atoms with E-state index in [2.05, 4.69) is 10.3 Å². The number of carbonyl (C=O) groups is 1. The molecule has 0 bridgehead atoms. The van der Waals surface area contributed by atoms with Gasteiger partial charge in [0, 0.05) is 24.1 Å². The number of pyridine rings is 1. The van der Waals surface area contributed by atoms with Crippen molar-refractivity contribution in [3.63, 3.8) is 0 Å². The van der Waals surface area contributed by atoms with Gasteiger partial charge in [-0.25, -0.2) is 0 Å². The van der Waals surface area contributed by atoms with Crippen molar-refractivity contribution in [3.8, 4) is 17.6 Å². The van der Waals surface area contributed by atoms with Gasteiger partial charge in [0.25, 0.3) is 5.91 Å². The Morgan fingerprint density at radius 2 is 2.10 bits per heavy atom. The van der Waals surface area contributed by atoms with Gasteiger partial charge in [0.1, 0.15) is 6.07 Å². The number of hydrogen-bond acceptors (Lipinski definition) is 5. The van der Waals surface area contributed by atoms with Crippen LogP contribution in [-0.2, 0) is 0 Å². The van der Waals surface area contributed by atoms with Crippen LogP contribution in [0.4, 0.5) is 5.69 Å². The second-order valence-corrected chi connectivity index (χ2v) is 4.10. The predicted octanol–water partition coefficient (Wildman–Crippen LogP) is 1.93. The lowest BCUT2D eigenvalue weighted by atomic mass is 10.2. The molecule has 6 nitrogen and oxygen atoms in total. The van der Waals surface area contributed by atoms with Gasteiger partial charge < -0.3 is 14.8 Å². The first kappa shape index (κ1) is 12.0. The van der Waals surface area contributed by atoms with Gasteiger partial charge in [-0.05, 0) is 18.2 Å². The fourth-order valence-electron chi connectivity index (χ4n) is 1.80. The summed E-state index contributed by atoms with van der Waals surface area (Å²) >= 11 is 0. The smallest absolute Gasteiger partial charge is 0.257 e. The van der Waals surface area contributed by atoms with Crippen molar-refractivity contribution in [3.05, 3.63) is 47.8 Å². The molecule has 0 aliphatic carbocycles. The lowest BCUT2D eigenvalue weighted by molar-refractivity contribution is 0.102. The van der Waals surface area contributed by atoms with E-state index in [9.17, 15) is 4.79 Å². The number of benzene rings is 1. The Morgan fingerprint density at radius 1 is 1.25 bits per heavy atom. The molecule has 0 spiro atoms. The minimum Gasteiger partial charge on any atom is -0.454 e. The van der Waals surface area contributed by atoms with Crippen molar-refractivity contribution in [2.75, 3.05) is 12.1 Å². The van der Waals surface area contributed by atoms with E-state index in [-0.39, 0.29) is 12.7 Å². The first-order chi connectivity index (χ1) is 9.76. The number of nitrogens with zero attached hydrogens (tertiary/aromatic N) is 2. The first-order valence-corrected chi connectivity index (χ1v) is 5.82. The summed E-state index contributed by atoms with van der Waals surface area (Å²) in [7, 11) is 0. The van der Waals surface area contributed by atoms with E-state index in [1.807, 2.05) is 6.07 Å². The summed E-state index contributed by atoms with van der Waals surface area (Å²) in [6, 6.07) is 8.54. The molecule has 1 aromatic heterocycles. The van der Waals surface area contributed by atoms with Gasteiger partial charge in [-0.2, -0.15) is 5.26 Å². The fourth-order valence-corrected chi connectivity index (χ4v) is 1.80. The molecule has 20 heavy (non-hydrogen) atoms. The van der Waals surface area contributed by atoms with E-state index in [4.69, 9.17) is 14.7 Å². The Bertz CT molecular complexity index is 722. The molecular formula is C14H9N3O3. The minimum atomic E-state index is -0.339. The Hall–Kier alpha value is -3.07. The van der Waals surface area contributed by atoms with E-state index < -0.39 is 0 Å². The molecule has 98 valence electrons. The standard InChI is InChI=1S/C14H9N3O3/c15-5-9-3-10(7-16-6-9)14(18)17-11-1-2-12-13(4-11)20-8-19-12/h1-4,6-7H,8H2,(H,17,18). The van der Waals surface area contributed by atoms with Gasteiger partial charge in [-0.1, -0.05) is 0 Å². The van der Waals surface area contributed by atoms with Crippen LogP contribution in [-0.4, -0.2) is 17.7 Å². The Labute approximate surface area is 114 Å². The number of nitriles is 1. The molecule has 1 amide bonds. The minimum absolute atomic E-state index is 0.181. The molecule has 0 radical (unpaired) electrons. The molecule has 2 aromatic rings. The van der Waals surface area contributed by atoms with E-state index >= 15 is 0 Å². The van der Waals surface area contributed by atoms with Gasteiger partial charge in [-0.3, -0.25) is 9.78 Å². The molecule has 0 saturated heterocycles. The summed E-state index contributed by atoms with van der Waals surface area (Å²) < 4.78 is 10.4. The number of rotatable bonds is 2. The second kappa shape index (κ2) is 4.90. The molecular weight excluding hydrogens is 258 g/mol. The number of hydrogen-bond donors (Lipinski definition) is 1. The molecule has 3 rings (SSSR count). The molecule has 0 unspecified atom stereocenters. The molecule has 0 saturated carbocycles. The maximum atomic E-state index is 12.0. The molecule has 1 N–H and O–H groups in total. The third-order valence-corrected chi connectivity index (χ3v) is 2.76. The highest BCUT2D eigenvalue weighted by Crippen LogP contribution is 2.34. The molecule has 0 atom stereocenters.